The molecule has 0 saturated carbocycles. The molecule has 2 aromatic heterocycles. The number of ether oxygens (including phenoxy) is 1. The molecule has 0 aliphatic carbocycles. The van der Waals surface area contributed by atoms with Gasteiger partial charge in [0.05, 0.1) is 12.5 Å². The minimum absolute atomic E-state index is 0.118. The van der Waals surface area contributed by atoms with Crippen LogP contribution in [0.15, 0.2) is 47.4 Å². The number of rotatable bonds is 5. The van der Waals surface area contributed by atoms with Crippen molar-refractivity contribution >= 4 is 16.9 Å². The summed E-state index contributed by atoms with van der Waals surface area (Å²) in [6.07, 6.45) is 1.58. The number of nitrogens with zero attached hydrogens (tertiary/aromatic N) is 2. The number of carbonyl (C=O) groups excluding carboxylic acids is 1. The zero-order valence-corrected chi connectivity index (χ0v) is 15.1. The molecule has 0 spiro atoms. The Hall–Kier alpha value is -3.15. The van der Waals surface area contributed by atoms with Gasteiger partial charge in [-0.2, -0.15) is 0 Å². The first-order valence-electron chi connectivity index (χ1n) is 8.45. The van der Waals surface area contributed by atoms with Gasteiger partial charge in [-0.1, -0.05) is 12.1 Å². The van der Waals surface area contributed by atoms with E-state index in [1.165, 1.54) is 0 Å². The van der Waals surface area contributed by atoms with E-state index in [4.69, 9.17) is 4.74 Å². The van der Waals surface area contributed by atoms with Crippen molar-refractivity contribution in [3.8, 4) is 5.75 Å². The molecule has 0 atom stereocenters. The maximum atomic E-state index is 12.7. The molecule has 3 aromatic rings. The Labute approximate surface area is 151 Å². The van der Waals surface area contributed by atoms with Crippen molar-refractivity contribution in [3.63, 3.8) is 0 Å². The number of hydrogen-bond donors (Lipinski definition) is 1. The first kappa shape index (κ1) is 17.7. The summed E-state index contributed by atoms with van der Waals surface area (Å²) in [7, 11) is 1.59. The van der Waals surface area contributed by atoms with E-state index in [1.807, 2.05) is 42.7 Å². The summed E-state index contributed by atoms with van der Waals surface area (Å²) < 4.78 is 7.00. The van der Waals surface area contributed by atoms with Gasteiger partial charge in [0, 0.05) is 25.0 Å². The Morgan fingerprint density at radius 2 is 2.08 bits per heavy atom. The maximum absolute atomic E-state index is 12.7. The van der Waals surface area contributed by atoms with Crippen LogP contribution in [0.4, 0.5) is 0 Å². The summed E-state index contributed by atoms with van der Waals surface area (Å²) >= 11 is 0. The molecule has 134 valence electrons. The number of carbonyl (C=O) groups is 1. The van der Waals surface area contributed by atoms with Gasteiger partial charge in [0.1, 0.15) is 17.0 Å². The van der Waals surface area contributed by atoms with Gasteiger partial charge in [-0.3, -0.25) is 9.59 Å². The van der Waals surface area contributed by atoms with E-state index in [1.54, 1.807) is 25.4 Å². The first-order valence-corrected chi connectivity index (χ1v) is 8.45. The second-order valence-corrected chi connectivity index (χ2v) is 6.02. The van der Waals surface area contributed by atoms with Gasteiger partial charge in [-0.15, -0.1) is 0 Å². The van der Waals surface area contributed by atoms with Crippen LogP contribution in [0.25, 0.3) is 11.0 Å². The molecule has 6 nitrogen and oxygen atoms in total. The number of aryl methyl sites for hydroxylation is 2. The summed E-state index contributed by atoms with van der Waals surface area (Å²) in [6, 6.07) is 10.9. The van der Waals surface area contributed by atoms with Gasteiger partial charge in [0.15, 0.2) is 0 Å². The largest absolute Gasteiger partial charge is 0.497 e. The fourth-order valence-corrected chi connectivity index (χ4v) is 2.82. The molecule has 2 heterocycles. The summed E-state index contributed by atoms with van der Waals surface area (Å²) in [6.45, 7) is 4.75. The molecular formula is C20H21N3O3. The Balaban J connectivity index is 1.91. The molecule has 0 aliphatic rings. The van der Waals surface area contributed by atoms with E-state index >= 15 is 0 Å². The fourth-order valence-electron chi connectivity index (χ4n) is 2.82. The molecule has 1 amide bonds. The molecule has 0 saturated heterocycles. The molecule has 0 unspecified atom stereocenters. The van der Waals surface area contributed by atoms with Gasteiger partial charge in [0.2, 0.25) is 5.43 Å². The Kier molecular flexibility index (Phi) is 5.02. The third-order valence-corrected chi connectivity index (χ3v) is 4.23. The van der Waals surface area contributed by atoms with Crippen LogP contribution >= 0.6 is 0 Å². The van der Waals surface area contributed by atoms with E-state index in [0.717, 1.165) is 17.0 Å². The number of pyridine rings is 2. The average molecular weight is 351 g/mol. The molecule has 1 aromatic carbocycles. The second-order valence-electron chi connectivity index (χ2n) is 6.02. The predicted molar refractivity (Wildman–Crippen MR) is 101 cm³/mol. The molecule has 0 fully saturated rings. The number of methoxy groups -OCH3 is 1. The highest BCUT2D eigenvalue weighted by Crippen LogP contribution is 2.13. The monoisotopic (exact) mass is 351 g/mol. The van der Waals surface area contributed by atoms with Crippen molar-refractivity contribution in [2.75, 3.05) is 7.11 Å². The van der Waals surface area contributed by atoms with E-state index in [-0.39, 0.29) is 11.0 Å². The summed E-state index contributed by atoms with van der Waals surface area (Å²) in [4.78, 5) is 29.8. The topological polar surface area (TPSA) is 73.2 Å². The van der Waals surface area contributed by atoms with E-state index in [9.17, 15) is 9.59 Å². The number of hydrogen-bond acceptors (Lipinski definition) is 4. The summed E-state index contributed by atoms with van der Waals surface area (Å²) in [5, 5.41) is 3.26. The minimum Gasteiger partial charge on any atom is -0.497 e. The second kappa shape index (κ2) is 7.39. The number of nitrogens with one attached hydrogen (secondary N) is 1. The molecule has 1 N–H and O–H groups in total. The maximum Gasteiger partial charge on any atom is 0.257 e. The number of aromatic nitrogens is 2. The molecule has 26 heavy (non-hydrogen) atoms. The van der Waals surface area contributed by atoms with Crippen LogP contribution in [-0.2, 0) is 13.1 Å². The van der Waals surface area contributed by atoms with E-state index in [2.05, 4.69) is 10.3 Å². The quantitative estimate of drug-likeness (QED) is 0.767. The molecule has 0 aliphatic heterocycles. The standard InChI is InChI=1S/C20H21N3O3/c1-4-23-12-17(18(24)16-9-8-13(2)22-19(16)23)20(25)21-11-14-6-5-7-15(10-14)26-3/h5-10,12H,4,11H2,1-3H3,(H,21,25). The Morgan fingerprint density at radius 1 is 1.27 bits per heavy atom. The zero-order valence-electron chi connectivity index (χ0n) is 15.1. The first-order chi connectivity index (χ1) is 12.5. The molecule has 0 bridgehead atoms. The van der Waals surface area contributed by atoms with Crippen LogP contribution in [0.3, 0.4) is 0 Å². The van der Waals surface area contributed by atoms with Gasteiger partial charge < -0.3 is 14.6 Å². The number of fused-ring (bicyclic) bond motifs is 1. The normalized spacial score (nSPS) is 10.7. The highest BCUT2D eigenvalue weighted by Gasteiger charge is 2.16. The van der Waals surface area contributed by atoms with E-state index < -0.39 is 5.91 Å². The van der Waals surface area contributed by atoms with Crippen molar-refractivity contribution < 1.29 is 9.53 Å². The highest BCUT2D eigenvalue weighted by atomic mass is 16.5. The summed E-state index contributed by atoms with van der Waals surface area (Å²) in [5.41, 5.74) is 2.14. The van der Waals surface area contributed by atoms with Crippen LogP contribution in [0.5, 0.6) is 5.75 Å². The van der Waals surface area contributed by atoms with Crippen LogP contribution in [0.1, 0.15) is 28.5 Å². The van der Waals surface area contributed by atoms with Crippen LogP contribution in [-0.4, -0.2) is 22.6 Å². The molecule has 6 heteroatoms. The third kappa shape index (κ3) is 3.44. The minimum atomic E-state index is -0.400. The van der Waals surface area contributed by atoms with Crippen molar-refractivity contribution in [3.05, 3.63) is 69.6 Å². The Bertz CT molecular complexity index is 1020. The highest BCUT2D eigenvalue weighted by molar-refractivity contribution is 5.96. The van der Waals surface area contributed by atoms with Crippen LogP contribution in [0.2, 0.25) is 0 Å². The predicted octanol–water partition coefficient (Wildman–Crippen LogP) is 2.66. The van der Waals surface area contributed by atoms with Crippen molar-refractivity contribution in [1.29, 1.82) is 0 Å². The lowest BCUT2D eigenvalue weighted by molar-refractivity contribution is 0.0949. The summed E-state index contributed by atoms with van der Waals surface area (Å²) in [5.74, 6) is 0.319. The smallest absolute Gasteiger partial charge is 0.257 e. The lowest BCUT2D eigenvalue weighted by Crippen LogP contribution is -2.29. The molecule has 3 rings (SSSR count). The fraction of sp³-hybridized carbons (Fsp3) is 0.250. The number of amides is 1. The lowest BCUT2D eigenvalue weighted by atomic mass is 10.1. The third-order valence-electron chi connectivity index (χ3n) is 4.23. The average Bonchev–Trinajstić information content (AvgIpc) is 2.66. The van der Waals surface area contributed by atoms with Gasteiger partial charge in [-0.05, 0) is 43.7 Å². The van der Waals surface area contributed by atoms with Gasteiger partial charge >= 0.3 is 0 Å². The van der Waals surface area contributed by atoms with Gasteiger partial charge in [-0.25, -0.2) is 4.98 Å². The number of benzene rings is 1. The van der Waals surface area contributed by atoms with Crippen molar-refractivity contribution in [2.45, 2.75) is 26.9 Å². The SMILES string of the molecule is CCn1cc(C(=O)NCc2cccc(OC)c2)c(=O)c2ccc(C)nc21. The van der Waals surface area contributed by atoms with Crippen molar-refractivity contribution in [1.82, 2.24) is 14.9 Å². The van der Waals surface area contributed by atoms with Gasteiger partial charge in [0.25, 0.3) is 5.91 Å². The van der Waals surface area contributed by atoms with Crippen LogP contribution < -0.4 is 15.5 Å². The molecule has 0 radical (unpaired) electrons. The van der Waals surface area contributed by atoms with Crippen molar-refractivity contribution in [2.24, 2.45) is 0 Å². The lowest BCUT2D eigenvalue weighted by Gasteiger charge is -2.12. The van der Waals surface area contributed by atoms with E-state index in [0.29, 0.717) is 24.1 Å². The van der Waals surface area contributed by atoms with Crippen LogP contribution in [0, 0.1) is 6.92 Å². The zero-order chi connectivity index (χ0) is 18.7. The molecular weight excluding hydrogens is 330 g/mol. The Morgan fingerprint density at radius 3 is 2.81 bits per heavy atom.